The number of carbonyl (C=O) groups excluding carboxylic acids is 2. The third kappa shape index (κ3) is 5.97. The molecule has 0 radical (unpaired) electrons. The minimum Gasteiger partial charge on any atom is -0.341 e. The Kier molecular flexibility index (Phi) is 6.67. The summed E-state index contributed by atoms with van der Waals surface area (Å²) in [4.78, 5) is 24.4. The van der Waals surface area contributed by atoms with Gasteiger partial charge in [-0.05, 0) is 26.4 Å². The lowest BCUT2D eigenvalue weighted by atomic mass is 10.0. The number of carbonyl (C=O) groups is 2. The number of hydrogen-bond acceptors (Lipinski definition) is 4. The van der Waals surface area contributed by atoms with Gasteiger partial charge in [0.15, 0.2) is 0 Å². The predicted octanol–water partition coefficient (Wildman–Crippen LogP) is -0.0940. The highest BCUT2D eigenvalue weighted by molar-refractivity contribution is 5.94. The van der Waals surface area contributed by atoms with E-state index in [9.17, 15) is 9.59 Å². The lowest BCUT2D eigenvalue weighted by molar-refractivity contribution is -0.120. The molecule has 3 amide bonds. The summed E-state index contributed by atoms with van der Waals surface area (Å²) >= 11 is 0. The zero-order chi connectivity index (χ0) is 13.4. The van der Waals surface area contributed by atoms with Gasteiger partial charge < -0.3 is 15.5 Å². The molecule has 0 spiro atoms. The highest BCUT2D eigenvalue weighted by Crippen LogP contribution is 2.07. The number of piperidine rings is 1. The van der Waals surface area contributed by atoms with Gasteiger partial charge in [0.1, 0.15) is 0 Å². The van der Waals surface area contributed by atoms with E-state index in [1.165, 1.54) is 26.3 Å². The first-order valence-corrected chi connectivity index (χ1v) is 6.55. The topological polar surface area (TPSA) is 73.5 Å². The molecule has 3 N–H and O–H groups in total. The van der Waals surface area contributed by atoms with Crippen LogP contribution in [0.3, 0.4) is 0 Å². The van der Waals surface area contributed by atoms with Crippen LogP contribution in [0.5, 0.6) is 0 Å². The quantitative estimate of drug-likeness (QED) is 0.642. The van der Waals surface area contributed by atoms with E-state index in [0.717, 1.165) is 13.1 Å². The second-order valence-corrected chi connectivity index (χ2v) is 4.79. The van der Waals surface area contributed by atoms with Crippen LogP contribution in [0.2, 0.25) is 0 Å². The number of rotatable bonds is 5. The summed E-state index contributed by atoms with van der Waals surface area (Å²) in [5.74, 6) is -0.238. The fourth-order valence-electron chi connectivity index (χ4n) is 2.09. The maximum atomic E-state index is 11.4. The van der Waals surface area contributed by atoms with Crippen LogP contribution in [0, 0.1) is 0 Å². The van der Waals surface area contributed by atoms with Crippen molar-refractivity contribution in [3.8, 4) is 0 Å². The maximum Gasteiger partial charge on any atom is 0.321 e. The minimum absolute atomic E-state index is 0.238. The summed E-state index contributed by atoms with van der Waals surface area (Å²) in [5.41, 5.74) is 0. The van der Waals surface area contributed by atoms with Crippen molar-refractivity contribution in [2.24, 2.45) is 0 Å². The molecule has 1 atom stereocenters. The molecule has 6 nitrogen and oxygen atoms in total. The Bertz CT molecular complexity index is 277. The van der Waals surface area contributed by atoms with Crippen LogP contribution in [-0.2, 0) is 4.79 Å². The molecule has 1 fully saturated rings. The molecule has 0 saturated carbocycles. The monoisotopic (exact) mass is 256 g/mol. The number of hydrogen-bond donors (Lipinski definition) is 3. The van der Waals surface area contributed by atoms with Gasteiger partial charge in [0.05, 0.1) is 0 Å². The summed E-state index contributed by atoms with van der Waals surface area (Å²) in [7, 11) is 3.49. The molecule has 1 rings (SSSR count). The second kappa shape index (κ2) is 8.05. The third-order valence-corrected chi connectivity index (χ3v) is 3.15. The van der Waals surface area contributed by atoms with E-state index in [-0.39, 0.29) is 5.91 Å². The van der Waals surface area contributed by atoms with Crippen molar-refractivity contribution in [2.45, 2.75) is 31.7 Å². The molecule has 1 heterocycles. The summed E-state index contributed by atoms with van der Waals surface area (Å²) < 4.78 is 0. The molecule has 6 heteroatoms. The van der Waals surface area contributed by atoms with Crippen molar-refractivity contribution in [3.05, 3.63) is 0 Å². The second-order valence-electron chi connectivity index (χ2n) is 4.79. The highest BCUT2D eigenvalue weighted by Gasteiger charge is 2.15. The molecule has 104 valence electrons. The number of amides is 3. The third-order valence-electron chi connectivity index (χ3n) is 3.15. The molecule has 1 unspecified atom stereocenters. The Morgan fingerprint density at radius 2 is 2.17 bits per heavy atom. The molecule has 1 saturated heterocycles. The van der Waals surface area contributed by atoms with Crippen LogP contribution < -0.4 is 16.0 Å². The predicted molar refractivity (Wildman–Crippen MR) is 70.4 cm³/mol. The van der Waals surface area contributed by atoms with Crippen LogP contribution in [0.1, 0.15) is 25.7 Å². The first kappa shape index (κ1) is 14.9. The largest absolute Gasteiger partial charge is 0.341 e. The normalized spacial score (nSPS) is 19.6. The molecular formula is C12H24N4O2. The molecule has 1 aliphatic rings. The average molecular weight is 256 g/mol. The van der Waals surface area contributed by atoms with Crippen molar-refractivity contribution in [1.29, 1.82) is 0 Å². The van der Waals surface area contributed by atoms with Gasteiger partial charge in [0, 0.05) is 32.6 Å². The smallest absolute Gasteiger partial charge is 0.321 e. The van der Waals surface area contributed by atoms with Gasteiger partial charge in [0.2, 0.25) is 5.91 Å². The van der Waals surface area contributed by atoms with Gasteiger partial charge in [-0.1, -0.05) is 6.42 Å². The van der Waals surface area contributed by atoms with E-state index in [4.69, 9.17) is 0 Å². The zero-order valence-electron chi connectivity index (χ0n) is 11.3. The van der Waals surface area contributed by atoms with Crippen LogP contribution in [-0.4, -0.2) is 56.6 Å². The van der Waals surface area contributed by atoms with E-state index in [1.807, 2.05) is 7.05 Å². The molecule has 0 aliphatic carbocycles. The fourth-order valence-corrected chi connectivity index (χ4v) is 2.09. The summed E-state index contributed by atoms with van der Waals surface area (Å²) in [6.07, 6.45) is 4.09. The van der Waals surface area contributed by atoms with E-state index in [2.05, 4.69) is 20.9 Å². The molecule has 0 bridgehead atoms. The van der Waals surface area contributed by atoms with Gasteiger partial charge in [0.25, 0.3) is 0 Å². The van der Waals surface area contributed by atoms with Gasteiger partial charge in [-0.25, -0.2) is 4.79 Å². The van der Waals surface area contributed by atoms with E-state index < -0.39 is 6.03 Å². The van der Waals surface area contributed by atoms with E-state index in [1.54, 1.807) is 0 Å². The minimum atomic E-state index is -0.448. The van der Waals surface area contributed by atoms with Gasteiger partial charge in [-0.15, -0.1) is 0 Å². The van der Waals surface area contributed by atoms with E-state index >= 15 is 0 Å². The molecule has 0 aromatic carbocycles. The average Bonchev–Trinajstić information content (AvgIpc) is 2.37. The standard InChI is InChI=1S/C12H24N4O2/c1-13-12(18)15-11(17)6-8-16(2)9-10-5-3-4-7-14-10/h10,14H,3-9H2,1-2H3,(H2,13,15,17,18). The molecule has 1 aliphatic heterocycles. The molecule has 0 aromatic heterocycles. The van der Waals surface area contributed by atoms with Crippen molar-refractivity contribution < 1.29 is 9.59 Å². The van der Waals surface area contributed by atoms with Gasteiger partial charge in [-0.3, -0.25) is 10.1 Å². The first-order valence-electron chi connectivity index (χ1n) is 6.55. The highest BCUT2D eigenvalue weighted by atomic mass is 16.2. The van der Waals surface area contributed by atoms with Crippen molar-refractivity contribution >= 4 is 11.9 Å². The Balaban J connectivity index is 2.13. The lowest BCUT2D eigenvalue weighted by Gasteiger charge is -2.28. The molecular weight excluding hydrogens is 232 g/mol. The van der Waals surface area contributed by atoms with Crippen LogP contribution in [0.4, 0.5) is 4.79 Å². The Labute approximate surface area is 108 Å². The summed E-state index contributed by atoms with van der Waals surface area (Å²) in [6.45, 7) is 2.71. The molecule has 18 heavy (non-hydrogen) atoms. The van der Waals surface area contributed by atoms with Crippen molar-refractivity contribution in [1.82, 2.24) is 20.9 Å². The van der Waals surface area contributed by atoms with Crippen LogP contribution >= 0.6 is 0 Å². The first-order chi connectivity index (χ1) is 8.61. The van der Waals surface area contributed by atoms with Crippen molar-refractivity contribution in [3.63, 3.8) is 0 Å². The summed E-state index contributed by atoms with van der Waals surface area (Å²) in [5, 5.41) is 8.08. The molecule has 0 aromatic rings. The Morgan fingerprint density at radius 1 is 1.39 bits per heavy atom. The Hall–Kier alpha value is -1.14. The zero-order valence-corrected chi connectivity index (χ0v) is 11.3. The Morgan fingerprint density at radius 3 is 2.78 bits per heavy atom. The fraction of sp³-hybridized carbons (Fsp3) is 0.833. The van der Waals surface area contributed by atoms with E-state index in [0.29, 0.717) is 19.0 Å². The number of nitrogens with one attached hydrogen (secondary N) is 3. The van der Waals surface area contributed by atoms with Crippen LogP contribution in [0.25, 0.3) is 0 Å². The van der Waals surface area contributed by atoms with Crippen LogP contribution in [0.15, 0.2) is 0 Å². The SMILES string of the molecule is CNC(=O)NC(=O)CCN(C)CC1CCCCN1. The number of urea groups is 1. The summed E-state index contributed by atoms with van der Waals surface area (Å²) in [6, 6.07) is 0.0855. The maximum absolute atomic E-state index is 11.4. The van der Waals surface area contributed by atoms with Gasteiger partial charge in [-0.2, -0.15) is 0 Å². The van der Waals surface area contributed by atoms with Crippen molar-refractivity contribution in [2.75, 3.05) is 33.7 Å². The van der Waals surface area contributed by atoms with Gasteiger partial charge >= 0.3 is 6.03 Å². The number of likely N-dealkylation sites (N-methyl/N-ethyl adjacent to an activating group) is 1. The lowest BCUT2D eigenvalue weighted by Crippen LogP contribution is -2.43. The number of imide groups is 1. The number of nitrogens with zero attached hydrogens (tertiary/aromatic N) is 1.